The first-order valence-electron chi connectivity index (χ1n) is 6.81. The van der Waals surface area contributed by atoms with Crippen molar-refractivity contribution in [2.24, 2.45) is 5.73 Å². The van der Waals surface area contributed by atoms with E-state index in [0.717, 1.165) is 12.0 Å². The fraction of sp³-hybridized carbons (Fsp3) is 0.176. The SMILES string of the molecule is CC(=O)c1ccc(NC(=O)c2ccc(CCN)cc2)cc1. The molecule has 2 rings (SSSR count). The summed E-state index contributed by atoms with van der Waals surface area (Å²) in [5, 5.41) is 2.80. The van der Waals surface area contributed by atoms with E-state index in [4.69, 9.17) is 5.73 Å². The molecule has 108 valence electrons. The molecule has 0 bridgehead atoms. The maximum absolute atomic E-state index is 12.1. The molecule has 2 aromatic rings. The van der Waals surface area contributed by atoms with Crippen LogP contribution in [0.2, 0.25) is 0 Å². The van der Waals surface area contributed by atoms with Gasteiger partial charge in [0.15, 0.2) is 5.78 Å². The van der Waals surface area contributed by atoms with Gasteiger partial charge in [-0.1, -0.05) is 12.1 Å². The molecule has 0 atom stereocenters. The lowest BCUT2D eigenvalue weighted by molar-refractivity contribution is 0.101. The number of anilines is 1. The lowest BCUT2D eigenvalue weighted by Gasteiger charge is -2.06. The Hall–Kier alpha value is -2.46. The Labute approximate surface area is 124 Å². The third-order valence-electron chi connectivity index (χ3n) is 3.20. The van der Waals surface area contributed by atoms with Crippen molar-refractivity contribution in [2.45, 2.75) is 13.3 Å². The van der Waals surface area contributed by atoms with Crippen molar-refractivity contribution < 1.29 is 9.59 Å². The summed E-state index contributed by atoms with van der Waals surface area (Å²) >= 11 is 0. The van der Waals surface area contributed by atoms with Gasteiger partial charge in [-0.25, -0.2) is 0 Å². The number of benzene rings is 2. The van der Waals surface area contributed by atoms with Crippen molar-refractivity contribution in [1.29, 1.82) is 0 Å². The molecule has 1 amide bonds. The topological polar surface area (TPSA) is 72.2 Å². The molecule has 4 heteroatoms. The number of hydrogen-bond donors (Lipinski definition) is 2. The highest BCUT2D eigenvalue weighted by Crippen LogP contribution is 2.12. The van der Waals surface area contributed by atoms with E-state index < -0.39 is 0 Å². The van der Waals surface area contributed by atoms with E-state index in [0.29, 0.717) is 23.4 Å². The number of ketones is 1. The Morgan fingerprint density at radius 3 is 2.05 bits per heavy atom. The van der Waals surface area contributed by atoms with Crippen molar-refractivity contribution in [2.75, 3.05) is 11.9 Å². The van der Waals surface area contributed by atoms with Gasteiger partial charge in [0.1, 0.15) is 0 Å². The lowest BCUT2D eigenvalue weighted by atomic mass is 10.1. The molecule has 21 heavy (non-hydrogen) atoms. The Bertz CT molecular complexity index is 631. The van der Waals surface area contributed by atoms with Crippen LogP contribution in [0.15, 0.2) is 48.5 Å². The predicted molar refractivity (Wildman–Crippen MR) is 83.6 cm³/mol. The zero-order chi connectivity index (χ0) is 15.2. The Balaban J connectivity index is 2.05. The van der Waals surface area contributed by atoms with Gasteiger partial charge in [0.25, 0.3) is 5.91 Å². The second-order valence-electron chi connectivity index (χ2n) is 4.82. The van der Waals surface area contributed by atoms with Crippen molar-refractivity contribution in [3.05, 3.63) is 65.2 Å². The quantitative estimate of drug-likeness (QED) is 0.828. The van der Waals surface area contributed by atoms with Crippen LogP contribution in [0.4, 0.5) is 5.69 Å². The molecule has 0 radical (unpaired) electrons. The number of Topliss-reactive ketones (excluding diaryl/α,β-unsaturated/α-hetero) is 1. The van der Waals surface area contributed by atoms with Crippen LogP contribution in [0.3, 0.4) is 0 Å². The van der Waals surface area contributed by atoms with Crippen molar-refractivity contribution in [1.82, 2.24) is 0 Å². The molecule has 4 nitrogen and oxygen atoms in total. The van der Waals surface area contributed by atoms with Crippen LogP contribution in [-0.4, -0.2) is 18.2 Å². The van der Waals surface area contributed by atoms with Gasteiger partial charge in [0.05, 0.1) is 0 Å². The predicted octanol–water partition coefficient (Wildman–Crippen LogP) is 2.64. The average molecular weight is 282 g/mol. The summed E-state index contributed by atoms with van der Waals surface area (Å²) in [6.45, 7) is 2.10. The van der Waals surface area contributed by atoms with Crippen molar-refractivity contribution in [3.63, 3.8) is 0 Å². The summed E-state index contributed by atoms with van der Waals surface area (Å²) < 4.78 is 0. The zero-order valence-electron chi connectivity index (χ0n) is 11.9. The van der Waals surface area contributed by atoms with Gasteiger partial charge in [-0.3, -0.25) is 9.59 Å². The number of carbonyl (C=O) groups is 2. The number of rotatable bonds is 5. The second-order valence-corrected chi connectivity index (χ2v) is 4.82. The second kappa shape index (κ2) is 6.81. The lowest BCUT2D eigenvalue weighted by Crippen LogP contribution is -2.12. The summed E-state index contributed by atoms with van der Waals surface area (Å²) in [5.74, 6) is -0.173. The number of nitrogens with one attached hydrogen (secondary N) is 1. The molecule has 2 aromatic carbocycles. The largest absolute Gasteiger partial charge is 0.330 e. The molecule has 0 heterocycles. The van der Waals surface area contributed by atoms with E-state index in [1.807, 2.05) is 12.1 Å². The average Bonchev–Trinajstić information content (AvgIpc) is 2.49. The van der Waals surface area contributed by atoms with E-state index in [1.54, 1.807) is 36.4 Å². The van der Waals surface area contributed by atoms with Gasteiger partial charge < -0.3 is 11.1 Å². The molecule has 0 saturated heterocycles. The summed E-state index contributed by atoms with van der Waals surface area (Å²) in [5.41, 5.74) is 8.48. The Morgan fingerprint density at radius 2 is 1.52 bits per heavy atom. The highest BCUT2D eigenvalue weighted by molar-refractivity contribution is 6.04. The van der Waals surface area contributed by atoms with Crippen LogP contribution in [0, 0.1) is 0 Å². The third kappa shape index (κ3) is 4.00. The minimum absolute atomic E-state index is 0.00312. The molecular weight excluding hydrogens is 264 g/mol. The number of carbonyl (C=O) groups excluding carboxylic acids is 2. The molecule has 0 saturated carbocycles. The molecular formula is C17H18N2O2. The fourth-order valence-corrected chi connectivity index (χ4v) is 1.98. The highest BCUT2D eigenvalue weighted by atomic mass is 16.1. The van der Waals surface area contributed by atoms with E-state index in [1.165, 1.54) is 6.92 Å². The van der Waals surface area contributed by atoms with E-state index in [-0.39, 0.29) is 11.7 Å². The summed E-state index contributed by atoms with van der Waals surface area (Å²) in [7, 11) is 0. The highest BCUT2D eigenvalue weighted by Gasteiger charge is 2.06. The van der Waals surface area contributed by atoms with Crippen LogP contribution in [0.25, 0.3) is 0 Å². The maximum Gasteiger partial charge on any atom is 0.255 e. The molecule has 0 aliphatic rings. The van der Waals surface area contributed by atoms with Gasteiger partial charge in [-0.15, -0.1) is 0 Å². The van der Waals surface area contributed by atoms with Crippen LogP contribution in [-0.2, 0) is 6.42 Å². The molecule has 0 aromatic heterocycles. The molecule has 0 fully saturated rings. The van der Waals surface area contributed by atoms with Gasteiger partial charge in [-0.05, 0) is 61.9 Å². The number of nitrogens with two attached hydrogens (primary N) is 1. The van der Waals surface area contributed by atoms with Crippen LogP contribution in [0.1, 0.15) is 33.2 Å². The van der Waals surface area contributed by atoms with Gasteiger partial charge >= 0.3 is 0 Å². The minimum Gasteiger partial charge on any atom is -0.330 e. The first-order valence-corrected chi connectivity index (χ1v) is 6.81. The Morgan fingerprint density at radius 1 is 0.952 bits per heavy atom. The molecule has 3 N–H and O–H groups in total. The minimum atomic E-state index is -0.176. The Kier molecular flexibility index (Phi) is 4.85. The number of amides is 1. The number of hydrogen-bond acceptors (Lipinski definition) is 3. The third-order valence-corrected chi connectivity index (χ3v) is 3.20. The molecule has 0 aliphatic carbocycles. The summed E-state index contributed by atoms with van der Waals surface area (Å²) in [6.07, 6.45) is 0.800. The molecule has 0 aliphatic heterocycles. The van der Waals surface area contributed by atoms with Crippen LogP contribution >= 0.6 is 0 Å². The van der Waals surface area contributed by atoms with Crippen LogP contribution < -0.4 is 11.1 Å². The molecule has 0 spiro atoms. The fourth-order valence-electron chi connectivity index (χ4n) is 1.98. The van der Waals surface area contributed by atoms with Crippen molar-refractivity contribution in [3.8, 4) is 0 Å². The standard InChI is InChI=1S/C17H18N2O2/c1-12(20)14-6-8-16(9-7-14)19-17(21)15-4-2-13(3-5-15)10-11-18/h2-9H,10-11,18H2,1H3,(H,19,21). The normalized spacial score (nSPS) is 10.2. The monoisotopic (exact) mass is 282 g/mol. The first kappa shape index (κ1) is 14.9. The van der Waals surface area contributed by atoms with E-state index in [9.17, 15) is 9.59 Å². The van der Waals surface area contributed by atoms with Gasteiger partial charge in [0.2, 0.25) is 0 Å². The maximum atomic E-state index is 12.1. The van der Waals surface area contributed by atoms with Gasteiger partial charge in [0, 0.05) is 16.8 Å². The smallest absolute Gasteiger partial charge is 0.255 e. The van der Waals surface area contributed by atoms with Crippen LogP contribution in [0.5, 0.6) is 0 Å². The summed E-state index contributed by atoms with van der Waals surface area (Å²) in [6, 6.07) is 14.2. The summed E-state index contributed by atoms with van der Waals surface area (Å²) in [4.78, 5) is 23.3. The van der Waals surface area contributed by atoms with E-state index >= 15 is 0 Å². The van der Waals surface area contributed by atoms with E-state index in [2.05, 4.69) is 5.32 Å². The zero-order valence-corrected chi connectivity index (χ0v) is 11.9. The molecule has 0 unspecified atom stereocenters. The van der Waals surface area contributed by atoms with Crippen molar-refractivity contribution >= 4 is 17.4 Å². The first-order chi connectivity index (χ1) is 10.1. The van der Waals surface area contributed by atoms with Gasteiger partial charge in [-0.2, -0.15) is 0 Å².